The molecule has 2 aliphatic rings. The molecule has 1 aromatic rings. The van der Waals surface area contributed by atoms with Crippen LogP contribution in [-0.4, -0.2) is 30.4 Å². The molecule has 3 rings (SSSR count). The lowest BCUT2D eigenvalue weighted by Crippen LogP contribution is -2.34. The lowest BCUT2D eigenvalue weighted by molar-refractivity contribution is -0.210. The van der Waals surface area contributed by atoms with E-state index in [1.54, 1.807) is 6.07 Å². The second-order valence-corrected chi connectivity index (χ2v) is 5.63. The zero-order valence-corrected chi connectivity index (χ0v) is 12.1. The fourth-order valence-electron chi connectivity index (χ4n) is 2.81. The van der Waals surface area contributed by atoms with Crippen molar-refractivity contribution in [3.8, 4) is 0 Å². The maximum atomic E-state index is 13.8. The van der Waals surface area contributed by atoms with E-state index in [0.29, 0.717) is 30.6 Å². The maximum Gasteiger partial charge on any atom is 0.491 e. The Morgan fingerprint density at radius 2 is 1.91 bits per heavy atom. The van der Waals surface area contributed by atoms with Crippen molar-refractivity contribution in [2.45, 2.75) is 12.7 Å². The Kier molecular flexibility index (Phi) is 4.73. The zero-order chi connectivity index (χ0) is 15.5. The molecule has 1 heterocycles. The van der Waals surface area contributed by atoms with Gasteiger partial charge in [0.25, 0.3) is 0 Å². The van der Waals surface area contributed by atoms with E-state index < -0.39 is 19.2 Å². The zero-order valence-electron chi connectivity index (χ0n) is 12.1. The second-order valence-electron chi connectivity index (χ2n) is 5.63. The van der Waals surface area contributed by atoms with Gasteiger partial charge in [0.2, 0.25) is 0 Å². The van der Waals surface area contributed by atoms with E-state index in [4.69, 9.17) is 19.5 Å². The molecule has 1 unspecified atom stereocenters. The molecule has 6 heteroatoms. The van der Waals surface area contributed by atoms with Gasteiger partial charge in [-0.1, -0.05) is 36.4 Å². The minimum Gasteiger partial charge on any atom is -0.423 e. The van der Waals surface area contributed by atoms with E-state index in [-0.39, 0.29) is 5.46 Å². The average molecular weight is 304 g/mol. The van der Waals surface area contributed by atoms with Gasteiger partial charge in [-0.05, 0) is 18.4 Å². The van der Waals surface area contributed by atoms with Crippen molar-refractivity contribution in [1.82, 2.24) is 0 Å². The average Bonchev–Trinajstić information content (AvgIpc) is 2.55. The Morgan fingerprint density at radius 3 is 2.50 bits per heavy atom. The predicted octanol–water partition coefficient (Wildman–Crippen LogP) is 1.30. The van der Waals surface area contributed by atoms with Gasteiger partial charge >= 0.3 is 7.12 Å². The molecule has 116 valence electrons. The normalized spacial score (nSPS) is 27.9. The SMILES string of the molecule is OB(O)c1ccc([C@H]2OC[C@H](C3C=CC=CC3)CO2)cc1F. The fourth-order valence-corrected chi connectivity index (χ4v) is 2.81. The molecule has 0 radical (unpaired) electrons. The highest BCUT2D eigenvalue weighted by atomic mass is 19.1. The Labute approximate surface area is 129 Å². The van der Waals surface area contributed by atoms with Crippen molar-refractivity contribution >= 4 is 12.6 Å². The molecule has 0 amide bonds. The molecule has 1 saturated heterocycles. The van der Waals surface area contributed by atoms with Gasteiger partial charge in [-0.15, -0.1) is 0 Å². The lowest BCUT2D eigenvalue weighted by atomic mass is 9.79. The molecule has 0 aromatic heterocycles. The van der Waals surface area contributed by atoms with Crippen molar-refractivity contribution < 1.29 is 23.9 Å². The molecule has 2 N–H and O–H groups in total. The summed E-state index contributed by atoms with van der Waals surface area (Å²) in [5, 5.41) is 18.1. The molecule has 1 atom stereocenters. The quantitative estimate of drug-likeness (QED) is 0.827. The first-order chi connectivity index (χ1) is 10.6. The number of rotatable bonds is 3. The molecule has 0 saturated carbocycles. The summed E-state index contributed by atoms with van der Waals surface area (Å²) in [6.07, 6.45) is 8.73. The summed E-state index contributed by atoms with van der Waals surface area (Å²) < 4.78 is 25.2. The van der Waals surface area contributed by atoms with Gasteiger partial charge in [-0.2, -0.15) is 0 Å². The lowest BCUT2D eigenvalue weighted by Gasteiger charge is -2.33. The number of hydrogen-bond acceptors (Lipinski definition) is 4. The Balaban J connectivity index is 1.62. The van der Waals surface area contributed by atoms with Crippen molar-refractivity contribution in [3.05, 3.63) is 53.9 Å². The number of allylic oxidation sites excluding steroid dienone is 4. The number of ether oxygens (including phenoxy) is 2. The minimum absolute atomic E-state index is 0.156. The largest absolute Gasteiger partial charge is 0.491 e. The summed E-state index contributed by atoms with van der Waals surface area (Å²) in [6.45, 7) is 1.11. The van der Waals surface area contributed by atoms with Crippen molar-refractivity contribution in [2.24, 2.45) is 11.8 Å². The third kappa shape index (κ3) is 3.30. The van der Waals surface area contributed by atoms with Crippen LogP contribution in [0, 0.1) is 17.7 Å². The van der Waals surface area contributed by atoms with Crippen molar-refractivity contribution in [3.63, 3.8) is 0 Å². The Morgan fingerprint density at radius 1 is 1.14 bits per heavy atom. The van der Waals surface area contributed by atoms with Gasteiger partial charge in [-0.3, -0.25) is 0 Å². The van der Waals surface area contributed by atoms with Gasteiger partial charge in [0.1, 0.15) is 5.82 Å². The molecule has 1 aromatic carbocycles. The van der Waals surface area contributed by atoms with Crippen LogP contribution in [0.5, 0.6) is 0 Å². The highest BCUT2D eigenvalue weighted by Crippen LogP contribution is 2.31. The highest BCUT2D eigenvalue weighted by Gasteiger charge is 2.29. The Bertz CT molecular complexity index is 580. The van der Waals surface area contributed by atoms with Gasteiger partial charge in [0, 0.05) is 16.9 Å². The highest BCUT2D eigenvalue weighted by molar-refractivity contribution is 6.58. The molecular formula is C16H18BFO4. The summed E-state index contributed by atoms with van der Waals surface area (Å²) >= 11 is 0. The van der Waals surface area contributed by atoms with Gasteiger partial charge in [0.15, 0.2) is 6.29 Å². The summed E-state index contributed by atoms with van der Waals surface area (Å²) in [7, 11) is -1.82. The molecular weight excluding hydrogens is 286 g/mol. The summed E-state index contributed by atoms with van der Waals surface area (Å²) in [6, 6.07) is 4.15. The van der Waals surface area contributed by atoms with Crippen molar-refractivity contribution in [1.29, 1.82) is 0 Å². The summed E-state index contributed by atoms with van der Waals surface area (Å²) in [4.78, 5) is 0. The number of halogens is 1. The van der Waals surface area contributed by atoms with Crippen LogP contribution in [0.25, 0.3) is 0 Å². The van der Waals surface area contributed by atoms with Crippen LogP contribution in [0.3, 0.4) is 0 Å². The standard InChI is InChI=1S/C16H18BFO4/c18-15-8-12(6-7-14(15)17(19)20)16-21-9-13(10-22-16)11-4-2-1-3-5-11/h1-4,6-8,11,13,16,19-20H,5,9-10H2/t11?,13-,16-. The van der Waals surface area contributed by atoms with E-state index in [9.17, 15) is 4.39 Å². The molecule has 0 spiro atoms. The Hall–Kier alpha value is -1.47. The van der Waals surface area contributed by atoms with Gasteiger partial charge < -0.3 is 19.5 Å². The summed E-state index contributed by atoms with van der Waals surface area (Å²) in [5.74, 6) is 0.0256. The third-order valence-electron chi connectivity index (χ3n) is 4.12. The number of benzene rings is 1. The van der Waals surface area contributed by atoms with Crippen LogP contribution in [0.1, 0.15) is 18.3 Å². The maximum absolute atomic E-state index is 13.8. The third-order valence-corrected chi connectivity index (χ3v) is 4.12. The fraction of sp³-hybridized carbons (Fsp3) is 0.375. The van der Waals surface area contributed by atoms with E-state index in [1.807, 2.05) is 12.2 Å². The van der Waals surface area contributed by atoms with Crippen molar-refractivity contribution in [2.75, 3.05) is 13.2 Å². The first-order valence-corrected chi connectivity index (χ1v) is 7.37. The smallest absolute Gasteiger partial charge is 0.423 e. The van der Waals surface area contributed by atoms with Crippen LogP contribution >= 0.6 is 0 Å². The van der Waals surface area contributed by atoms with E-state index >= 15 is 0 Å². The molecule has 4 nitrogen and oxygen atoms in total. The molecule has 22 heavy (non-hydrogen) atoms. The van der Waals surface area contributed by atoms with Crippen LogP contribution in [0.15, 0.2) is 42.5 Å². The monoisotopic (exact) mass is 304 g/mol. The van der Waals surface area contributed by atoms with Crippen LogP contribution in [-0.2, 0) is 9.47 Å². The van der Waals surface area contributed by atoms with E-state index in [0.717, 1.165) is 6.42 Å². The topological polar surface area (TPSA) is 58.9 Å². The number of hydrogen-bond donors (Lipinski definition) is 2. The van der Waals surface area contributed by atoms with E-state index in [1.165, 1.54) is 12.1 Å². The molecule has 1 fully saturated rings. The predicted molar refractivity (Wildman–Crippen MR) is 80.7 cm³/mol. The minimum atomic E-state index is -1.82. The second kappa shape index (κ2) is 6.75. The van der Waals surface area contributed by atoms with Gasteiger partial charge in [0.05, 0.1) is 13.2 Å². The van der Waals surface area contributed by atoms with Crippen LogP contribution in [0.2, 0.25) is 0 Å². The molecule has 0 bridgehead atoms. The first kappa shape index (κ1) is 15.4. The van der Waals surface area contributed by atoms with Crippen LogP contribution < -0.4 is 5.46 Å². The first-order valence-electron chi connectivity index (χ1n) is 7.37. The molecule has 1 aliphatic heterocycles. The summed E-state index contributed by atoms with van der Waals surface area (Å²) in [5.41, 5.74) is 0.385. The van der Waals surface area contributed by atoms with E-state index in [2.05, 4.69) is 12.2 Å². The molecule has 1 aliphatic carbocycles. The van der Waals surface area contributed by atoms with Crippen LogP contribution in [0.4, 0.5) is 4.39 Å². The van der Waals surface area contributed by atoms with Gasteiger partial charge in [-0.25, -0.2) is 4.39 Å².